The first-order valence-corrected chi connectivity index (χ1v) is 4.60. The van der Waals surface area contributed by atoms with Crippen LogP contribution < -0.4 is 5.01 Å². The topological polar surface area (TPSA) is 15.6 Å². The standard InChI is InChI=1S/C12H12N2/c1-2-10-14-12-8-4-3-6-11(12)7-5-9-13-14/h2-9H,1,10H2. The summed E-state index contributed by atoms with van der Waals surface area (Å²) < 4.78 is 0. The molecule has 0 radical (unpaired) electrons. The van der Waals surface area contributed by atoms with Crippen molar-refractivity contribution in [2.24, 2.45) is 5.10 Å². The van der Waals surface area contributed by atoms with Crippen LogP contribution in [0, 0.1) is 0 Å². The third-order valence-corrected chi connectivity index (χ3v) is 2.08. The molecule has 0 bridgehead atoms. The van der Waals surface area contributed by atoms with E-state index in [2.05, 4.69) is 29.9 Å². The number of hydrogen-bond acceptors (Lipinski definition) is 2. The van der Waals surface area contributed by atoms with Crippen LogP contribution in [0.3, 0.4) is 0 Å². The quantitative estimate of drug-likeness (QED) is 0.645. The van der Waals surface area contributed by atoms with Crippen molar-refractivity contribution in [1.82, 2.24) is 0 Å². The van der Waals surface area contributed by atoms with E-state index in [0.29, 0.717) is 0 Å². The van der Waals surface area contributed by atoms with Gasteiger partial charge >= 0.3 is 0 Å². The molecule has 1 heterocycles. The molecule has 0 aromatic heterocycles. The van der Waals surface area contributed by atoms with Crippen molar-refractivity contribution in [3.63, 3.8) is 0 Å². The van der Waals surface area contributed by atoms with Gasteiger partial charge in [0.25, 0.3) is 0 Å². The molecule has 70 valence electrons. The normalized spacial score (nSPS) is 13.6. The van der Waals surface area contributed by atoms with E-state index in [1.165, 1.54) is 5.56 Å². The van der Waals surface area contributed by atoms with E-state index in [-0.39, 0.29) is 0 Å². The lowest BCUT2D eigenvalue weighted by molar-refractivity contribution is 0.948. The van der Waals surface area contributed by atoms with Crippen molar-refractivity contribution in [3.8, 4) is 0 Å². The summed E-state index contributed by atoms with van der Waals surface area (Å²) in [5, 5.41) is 6.24. The highest BCUT2D eigenvalue weighted by molar-refractivity contribution is 5.84. The highest BCUT2D eigenvalue weighted by Crippen LogP contribution is 2.23. The Morgan fingerprint density at radius 3 is 3.07 bits per heavy atom. The molecule has 2 nitrogen and oxygen atoms in total. The Bertz CT molecular complexity index is 391. The predicted molar refractivity (Wildman–Crippen MR) is 61.5 cm³/mol. The van der Waals surface area contributed by atoms with Crippen molar-refractivity contribution >= 4 is 18.0 Å². The minimum atomic E-state index is 0.731. The number of hydrogen-bond donors (Lipinski definition) is 0. The zero-order chi connectivity index (χ0) is 9.80. The molecule has 1 aromatic carbocycles. The second kappa shape index (κ2) is 3.92. The molecule has 0 unspecified atom stereocenters. The van der Waals surface area contributed by atoms with Gasteiger partial charge in [0.1, 0.15) is 0 Å². The van der Waals surface area contributed by atoms with Crippen LogP contribution in [-0.4, -0.2) is 12.8 Å². The molecular weight excluding hydrogens is 172 g/mol. The van der Waals surface area contributed by atoms with Gasteiger partial charge < -0.3 is 0 Å². The first-order chi connectivity index (χ1) is 6.92. The summed E-state index contributed by atoms with van der Waals surface area (Å²) in [6.45, 7) is 4.45. The fraction of sp³-hybridized carbons (Fsp3) is 0.0833. The molecule has 0 fully saturated rings. The number of para-hydroxylation sites is 1. The van der Waals surface area contributed by atoms with Gasteiger partial charge in [0.2, 0.25) is 0 Å². The van der Waals surface area contributed by atoms with Crippen LogP contribution in [0.5, 0.6) is 0 Å². The number of allylic oxidation sites excluding steroid dienone is 1. The summed E-state index contributed by atoms with van der Waals surface area (Å²) in [5.41, 5.74) is 2.31. The Morgan fingerprint density at radius 1 is 1.36 bits per heavy atom. The van der Waals surface area contributed by atoms with Gasteiger partial charge in [0, 0.05) is 6.21 Å². The van der Waals surface area contributed by atoms with Crippen LogP contribution in [-0.2, 0) is 0 Å². The van der Waals surface area contributed by atoms with Crippen LogP contribution in [0.1, 0.15) is 5.56 Å². The third kappa shape index (κ3) is 1.59. The number of anilines is 1. The van der Waals surface area contributed by atoms with Crippen LogP contribution in [0.25, 0.3) is 6.08 Å². The van der Waals surface area contributed by atoms with E-state index in [4.69, 9.17) is 0 Å². The highest BCUT2D eigenvalue weighted by atomic mass is 15.4. The molecule has 0 saturated heterocycles. The van der Waals surface area contributed by atoms with E-state index in [9.17, 15) is 0 Å². The Morgan fingerprint density at radius 2 is 2.21 bits per heavy atom. The van der Waals surface area contributed by atoms with Crippen LogP contribution >= 0.6 is 0 Å². The van der Waals surface area contributed by atoms with Crippen LogP contribution in [0.4, 0.5) is 5.69 Å². The van der Waals surface area contributed by atoms with Crippen molar-refractivity contribution in [1.29, 1.82) is 0 Å². The fourth-order valence-corrected chi connectivity index (χ4v) is 1.46. The summed E-state index contributed by atoms with van der Waals surface area (Å²) in [5.74, 6) is 0. The molecule has 2 rings (SSSR count). The maximum absolute atomic E-state index is 4.30. The SMILES string of the molecule is C=CCN1N=CC=Cc2ccccc21. The summed E-state index contributed by atoms with van der Waals surface area (Å²) in [6.07, 6.45) is 7.65. The van der Waals surface area contributed by atoms with Gasteiger partial charge in [-0.15, -0.1) is 6.58 Å². The summed E-state index contributed by atoms with van der Waals surface area (Å²) >= 11 is 0. The fourth-order valence-electron chi connectivity index (χ4n) is 1.46. The molecule has 1 aromatic rings. The number of benzene rings is 1. The van der Waals surface area contributed by atoms with Gasteiger partial charge in [0.15, 0.2) is 0 Å². The average Bonchev–Trinajstić information content (AvgIpc) is 2.42. The summed E-state index contributed by atoms with van der Waals surface area (Å²) in [4.78, 5) is 0. The summed E-state index contributed by atoms with van der Waals surface area (Å²) in [7, 11) is 0. The second-order valence-electron chi connectivity index (χ2n) is 3.05. The first kappa shape index (κ1) is 8.75. The molecule has 0 N–H and O–H groups in total. The first-order valence-electron chi connectivity index (χ1n) is 4.60. The van der Waals surface area contributed by atoms with Gasteiger partial charge in [-0.25, -0.2) is 0 Å². The average molecular weight is 184 g/mol. The molecular formula is C12H12N2. The number of fused-ring (bicyclic) bond motifs is 1. The molecule has 0 spiro atoms. The molecule has 0 atom stereocenters. The number of nitrogens with zero attached hydrogens (tertiary/aromatic N) is 2. The molecule has 14 heavy (non-hydrogen) atoms. The van der Waals surface area contributed by atoms with Crippen LogP contribution in [0.15, 0.2) is 48.1 Å². The molecule has 0 amide bonds. The predicted octanol–water partition coefficient (Wildman–Crippen LogP) is 2.69. The van der Waals surface area contributed by atoms with E-state index in [1.54, 1.807) is 6.21 Å². The largest absolute Gasteiger partial charge is 0.261 e. The molecule has 2 heteroatoms. The number of hydrazone groups is 1. The molecule has 0 saturated carbocycles. The lowest BCUT2D eigenvalue weighted by Gasteiger charge is -2.17. The maximum atomic E-state index is 4.30. The maximum Gasteiger partial charge on any atom is 0.0669 e. The minimum Gasteiger partial charge on any atom is -0.261 e. The van der Waals surface area contributed by atoms with Crippen LogP contribution in [0.2, 0.25) is 0 Å². The van der Waals surface area contributed by atoms with Crippen molar-refractivity contribution in [3.05, 3.63) is 48.6 Å². The summed E-state index contributed by atoms with van der Waals surface area (Å²) in [6, 6.07) is 8.19. The molecule has 0 aliphatic carbocycles. The van der Waals surface area contributed by atoms with Crippen molar-refractivity contribution in [2.75, 3.05) is 11.6 Å². The smallest absolute Gasteiger partial charge is 0.0669 e. The van der Waals surface area contributed by atoms with E-state index in [0.717, 1.165) is 12.2 Å². The Kier molecular flexibility index (Phi) is 2.45. The second-order valence-corrected chi connectivity index (χ2v) is 3.05. The highest BCUT2D eigenvalue weighted by Gasteiger charge is 2.07. The van der Waals surface area contributed by atoms with Crippen molar-refractivity contribution < 1.29 is 0 Å². The zero-order valence-electron chi connectivity index (χ0n) is 7.93. The van der Waals surface area contributed by atoms with Gasteiger partial charge in [-0.05, 0) is 17.7 Å². The zero-order valence-corrected chi connectivity index (χ0v) is 7.93. The van der Waals surface area contributed by atoms with E-state index < -0.39 is 0 Å². The lowest BCUT2D eigenvalue weighted by Crippen LogP contribution is -2.16. The van der Waals surface area contributed by atoms with Gasteiger partial charge in [-0.3, -0.25) is 5.01 Å². The third-order valence-electron chi connectivity index (χ3n) is 2.08. The van der Waals surface area contributed by atoms with Gasteiger partial charge in [-0.1, -0.05) is 30.4 Å². The Labute approximate surface area is 83.9 Å². The van der Waals surface area contributed by atoms with Gasteiger partial charge in [-0.2, -0.15) is 5.10 Å². The molecule has 1 aliphatic rings. The van der Waals surface area contributed by atoms with Gasteiger partial charge in [0.05, 0.1) is 12.2 Å². The monoisotopic (exact) mass is 184 g/mol. The Hall–Kier alpha value is -1.83. The lowest BCUT2D eigenvalue weighted by atomic mass is 10.1. The minimum absolute atomic E-state index is 0.731. The molecule has 1 aliphatic heterocycles. The Balaban J connectivity index is 2.44. The van der Waals surface area contributed by atoms with E-state index >= 15 is 0 Å². The van der Waals surface area contributed by atoms with E-state index in [1.807, 2.05) is 29.3 Å². The van der Waals surface area contributed by atoms with Crippen molar-refractivity contribution in [2.45, 2.75) is 0 Å². The number of rotatable bonds is 2.